The molecule has 4 heteroatoms. The molecule has 1 aliphatic rings. The number of anilines is 2. The Morgan fingerprint density at radius 1 is 0.750 bits per heavy atom. The zero-order valence-electron chi connectivity index (χ0n) is 15.6. The van der Waals surface area contributed by atoms with E-state index >= 15 is 0 Å². The van der Waals surface area contributed by atoms with E-state index in [0.29, 0.717) is 22.5 Å². The average molecular weight is 368 g/mol. The molecule has 0 aliphatic carbocycles. The standard InChI is InChI=1S/C24H20N2O2/c1-2-17-13-15-20(16-14-17)26-23(27)21(18-9-5-3-6-10-18)22(24(26)28)25-19-11-7-4-8-12-19/h3-16,25H,2H2,1H3. The summed E-state index contributed by atoms with van der Waals surface area (Å²) < 4.78 is 0. The number of aryl methyl sites for hydroxylation is 1. The van der Waals surface area contributed by atoms with Gasteiger partial charge in [0.1, 0.15) is 5.70 Å². The van der Waals surface area contributed by atoms with E-state index in [1.54, 1.807) is 0 Å². The first-order valence-corrected chi connectivity index (χ1v) is 9.28. The Bertz CT molecular complexity index is 1040. The number of carbonyl (C=O) groups is 2. The number of para-hydroxylation sites is 1. The van der Waals surface area contributed by atoms with Crippen LogP contribution in [0, 0.1) is 0 Å². The quantitative estimate of drug-likeness (QED) is 0.667. The Labute approximate surface area is 164 Å². The van der Waals surface area contributed by atoms with Gasteiger partial charge in [0.05, 0.1) is 11.3 Å². The molecule has 1 aliphatic heterocycles. The summed E-state index contributed by atoms with van der Waals surface area (Å²) in [4.78, 5) is 27.8. The lowest BCUT2D eigenvalue weighted by molar-refractivity contribution is -0.120. The molecule has 0 bridgehead atoms. The van der Waals surface area contributed by atoms with Crippen LogP contribution in [0.5, 0.6) is 0 Å². The second-order valence-electron chi connectivity index (χ2n) is 6.57. The van der Waals surface area contributed by atoms with E-state index in [2.05, 4.69) is 12.2 Å². The number of hydrogen-bond acceptors (Lipinski definition) is 3. The largest absolute Gasteiger partial charge is 0.350 e. The Morgan fingerprint density at radius 3 is 1.96 bits per heavy atom. The predicted octanol–water partition coefficient (Wildman–Crippen LogP) is 4.65. The van der Waals surface area contributed by atoms with Gasteiger partial charge in [-0.2, -0.15) is 0 Å². The van der Waals surface area contributed by atoms with Crippen molar-refractivity contribution in [2.75, 3.05) is 10.2 Å². The van der Waals surface area contributed by atoms with Crippen molar-refractivity contribution in [1.82, 2.24) is 0 Å². The van der Waals surface area contributed by atoms with Crippen LogP contribution < -0.4 is 10.2 Å². The summed E-state index contributed by atoms with van der Waals surface area (Å²) >= 11 is 0. The first-order chi connectivity index (χ1) is 13.7. The van der Waals surface area contributed by atoms with Crippen LogP contribution in [-0.4, -0.2) is 11.8 Å². The molecule has 0 fully saturated rings. The van der Waals surface area contributed by atoms with Gasteiger partial charge in [0.15, 0.2) is 0 Å². The van der Waals surface area contributed by atoms with E-state index in [4.69, 9.17) is 0 Å². The summed E-state index contributed by atoms with van der Waals surface area (Å²) in [6.45, 7) is 2.07. The number of hydrogen-bond donors (Lipinski definition) is 1. The van der Waals surface area contributed by atoms with Crippen LogP contribution in [0.15, 0.2) is 90.6 Å². The van der Waals surface area contributed by atoms with Gasteiger partial charge in [-0.3, -0.25) is 9.59 Å². The maximum Gasteiger partial charge on any atom is 0.282 e. The van der Waals surface area contributed by atoms with Gasteiger partial charge in [-0.25, -0.2) is 4.90 Å². The van der Waals surface area contributed by atoms with Crippen LogP contribution in [0.25, 0.3) is 5.57 Å². The number of nitrogens with zero attached hydrogens (tertiary/aromatic N) is 1. The number of amides is 2. The van der Waals surface area contributed by atoms with Gasteiger partial charge in [-0.15, -0.1) is 0 Å². The summed E-state index contributed by atoms with van der Waals surface area (Å²) in [5.41, 5.74) is 3.88. The molecule has 2 amide bonds. The van der Waals surface area contributed by atoms with Crippen molar-refractivity contribution >= 4 is 28.8 Å². The number of carbonyl (C=O) groups excluding carboxylic acids is 2. The Kier molecular flexibility index (Phi) is 4.77. The number of nitrogens with one attached hydrogen (secondary N) is 1. The minimum absolute atomic E-state index is 0.293. The highest BCUT2D eigenvalue weighted by Gasteiger charge is 2.40. The topological polar surface area (TPSA) is 49.4 Å². The Balaban J connectivity index is 1.78. The number of rotatable bonds is 5. The molecule has 4 nitrogen and oxygen atoms in total. The number of benzene rings is 3. The molecule has 1 N–H and O–H groups in total. The van der Waals surface area contributed by atoms with Gasteiger partial charge in [0.25, 0.3) is 11.8 Å². The highest BCUT2D eigenvalue weighted by molar-refractivity contribution is 6.46. The van der Waals surface area contributed by atoms with Crippen LogP contribution in [0.2, 0.25) is 0 Å². The Hall–Kier alpha value is -3.66. The monoisotopic (exact) mass is 368 g/mol. The number of imide groups is 1. The zero-order chi connectivity index (χ0) is 19.5. The van der Waals surface area contributed by atoms with Crippen molar-refractivity contribution in [3.8, 4) is 0 Å². The highest BCUT2D eigenvalue weighted by Crippen LogP contribution is 2.33. The van der Waals surface area contributed by atoms with Crippen LogP contribution in [0.4, 0.5) is 11.4 Å². The SMILES string of the molecule is CCc1ccc(N2C(=O)C(Nc3ccccc3)=C(c3ccccc3)C2=O)cc1. The van der Waals surface area contributed by atoms with E-state index < -0.39 is 0 Å². The maximum atomic E-state index is 13.3. The molecule has 0 spiro atoms. The van der Waals surface area contributed by atoms with E-state index in [-0.39, 0.29) is 11.8 Å². The smallest absolute Gasteiger partial charge is 0.282 e. The fourth-order valence-electron chi connectivity index (χ4n) is 3.30. The van der Waals surface area contributed by atoms with Gasteiger partial charge < -0.3 is 5.32 Å². The third-order valence-corrected chi connectivity index (χ3v) is 4.79. The van der Waals surface area contributed by atoms with Crippen LogP contribution in [0.1, 0.15) is 18.1 Å². The summed E-state index contributed by atoms with van der Waals surface area (Å²) in [6, 6.07) is 26.2. The normalized spacial score (nSPS) is 14.0. The lowest BCUT2D eigenvalue weighted by Crippen LogP contribution is -2.32. The average Bonchev–Trinajstić information content (AvgIpc) is 2.99. The van der Waals surface area contributed by atoms with Gasteiger partial charge in [0, 0.05) is 5.69 Å². The van der Waals surface area contributed by atoms with E-state index in [0.717, 1.165) is 17.7 Å². The maximum absolute atomic E-state index is 13.3. The van der Waals surface area contributed by atoms with Crippen molar-refractivity contribution in [1.29, 1.82) is 0 Å². The molecule has 1 heterocycles. The van der Waals surface area contributed by atoms with Crippen LogP contribution in [0.3, 0.4) is 0 Å². The molecule has 0 aromatic heterocycles. The second-order valence-corrected chi connectivity index (χ2v) is 6.57. The third-order valence-electron chi connectivity index (χ3n) is 4.79. The summed E-state index contributed by atoms with van der Waals surface area (Å²) in [5, 5.41) is 3.16. The van der Waals surface area contributed by atoms with E-state index in [1.165, 1.54) is 4.90 Å². The first kappa shape index (κ1) is 17.7. The lowest BCUT2D eigenvalue weighted by Gasteiger charge is -2.16. The molecule has 4 rings (SSSR count). The summed E-state index contributed by atoms with van der Waals surface area (Å²) in [7, 11) is 0. The van der Waals surface area contributed by atoms with Gasteiger partial charge in [0.2, 0.25) is 0 Å². The first-order valence-electron chi connectivity index (χ1n) is 9.28. The zero-order valence-corrected chi connectivity index (χ0v) is 15.6. The lowest BCUT2D eigenvalue weighted by atomic mass is 10.0. The van der Waals surface area contributed by atoms with E-state index in [1.807, 2.05) is 84.9 Å². The Morgan fingerprint density at radius 2 is 1.36 bits per heavy atom. The summed E-state index contributed by atoms with van der Waals surface area (Å²) in [6.07, 6.45) is 0.899. The fourth-order valence-corrected chi connectivity index (χ4v) is 3.30. The molecule has 0 radical (unpaired) electrons. The molecule has 0 saturated heterocycles. The highest BCUT2D eigenvalue weighted by atomic mass is 16.2. The predicted molar refractivity (Wildman–Crippen MR) is 112 cm³/mol. The van der Waals surface area contributed by atoms with Gasteiger partial charge >= 0.3 is 0 Å². The van der Waals surface area contributed by atoms with E-state index in [9.17, 15) is 9.59 Å². The third kappa shape index (κ3) is 3.21. The minimum atomic E-state index is -0.350. The van der Waals surface area contributed by atoms with Crippen LogP contribution >= 0.6 is 0 Å². The van der Waals surface area contributed by atoms with Crippen LogP contribution in [-0.2, 0) is 16.0 Å². The van der Waals surface area contributed by atoms with Crippen molar-refractivity contribution < 1.29 is 9.59 Å². The molecule has 0 unspecified atom stereocenters. The summed E-state index contributed by atoms with van der Waals surface area (Å²) in [5.74, 6) is -0.671. The van der Waals surface area contributed by atoms with Crippen molar-refractivity contribution in [2.45, 2.75) is 13.3 Å². The minimum Gasteiger partial charge on any atom is -0.350 e. The molecule has 0 saturated carbocycles. The van der Waals surface area contributed by atoms with Gasteiger partial charge in [-0.1, -0.05) is 67.6 Å². The molecule has 0 atom stereocenters. The molecule has 3 aromatic carbocycles. The molecule has 28 heavy (non-hydrogen) atoms. The molecule has 138 valence electrons. The second kappa shape index (κ2) is 7.53. The molecular weight excluding hydrogens is 348 g/mol. The molecule has 3 aromatic rings. The van der Waals surface area contributed by atoms with Crippen molar-refractivity contribution in [3.05, 3.63) is 102 Å². The molecular formula is C24H20N2O2. The van der Waals surface area contributed by atoms with Gasteiger partial charge in [-0.05, 0) is 41.8 Å². The van der Waals surface area contributed by atoms with Crippen molar-refractivity contribution in [2.24, 2.45) is 0 Å². The fraction of sp³-hybridized carbons (Fsp3) is 0.0833. The van der Waals surface area contributed by atoms with Crippen molar-refractivity contribution in [3.63, 3.8) is 0 Å².